The average Bonchev–Trinajstić information content (AvgIpc) is 3.49. The molecule has 3 heterocycles. The van der Waals surface area contributed by atoms with Crippen molar-refractivity contribution in [1.82, 2.24) is 24.3 Å². The van der Waals surface area contributed by atoms with Gasteiger partial charge in [0.25, 0.3) is 5.89 Å². The minimum Gasteiger partial charge on any atom is -0.333 e. The van der Waals surface area contributed by atoms with Gasteiger partial charge in [-0.15, -0.1) is 5.10 Å². The Kier molecular flexibility index (Phi) is 6.44. The van der Waals surface area contributed by atoms with E-state index in [1.165, 1.54) is 9.96 Å². The zero-order chi connectivity index (χ0) is 25.1. The molecule has 0 atom stereocenters. The van der Waals surface area contributed by atoms with E-state index >= 15 is 0 Å². The number of amides is 1. The monoisotopic (exact) mass is 482 g/mol. The van der Waals surface area contributed by atoms with Crippen molar-refractivity contribution < 1.29 is 9.32 Å². The summed E-state index contributed by atoms with van der Waals surface area (Å²) >= 11 is 0. The van der Waals surface area contributed by atoms with Crippen molar-refractivity contribution in [2.45, 2.75) is 39.7 Å². The summed E-state index contributed by atoms with van der Waals surface area (Å²) in [6.07, 6.45) is 4.86. The molecule has 0 unspecified atom stereocenters. The minimum atomic E-state index is -0.435. The van der Waals surface area contributed by atoms with Crippen LogP contribution in [-0.4, -0.2) is 30.2 Å². The summed E-state index contributed by atoms with van der Waals surface area (Å²) in [7, 11) is 0. The van der Waals surface area contributed by atoms with E-state index < -0.39 is 5.69 Å². The number of rotatable bonds is 8. The molecule has 0 spiro atoms. The first-order chi connectivity index (χ1) is 17.5. The van der Waals surface area contributed by atoms with Crippen molar-refractivity contribution in [2.24, 2.45) is 0 Å². The van der Waals surface area contributed by atoms with Crippen LogP contribution in [0, 0.1) is 6.92 Å². The van der Waals surface area contributed by atoms with Crippen LogP contribution in [0.25, 0.3) is 28.5 Å². The molecule has 1 amide bonds. The van der Waals surface area contributed by atoms with Crippen molar-refractivity contribution in [3.8, 4) is 22.8 Å². The van der Waals surface area contributed by atoms with Crippen molar-refractivity contribution in [3.05, 3.63) is 88.5 Å². The summed E-state index contributed by atoms with van der Waals surface area (Å²) in [4.78, 5) is 30.1. The highest BCUT2D eigenvalue weighted by atomic mass is 16.5. The van der Waals surface area contributed by atoms with Gasteiger partial charge in [-0.25, -0.2) is 13.9 Å². The maximum absolute atomic E-state index is 12.9. The Morgan fingerprint density at radius 2 is 1.92 bits per heavy atom. The Morgan fingerprint density at radius 3 is 2.69 bits per heavy atom. The molecular weight excluding hydrogens is 456 g/mol. The predicted octanol–water partition coefficient (Wildman–Crippen LogP) is 4.50. The van der Waals surface area contributed by atoms with Gasteiger partial charge in [0.05, 0.1) is 5.56 Å². The zero-order valence-electron chi connectivity index (χ0n) is 20.1. The van der Waals surface area contributed by atoms with Gasteiger partial charge in [-0.05, 0) is 55.7 Å². The first-order valence-electron chi connectivity index (χ1n) is 11.9. The van der Waals surface area contributed by atoms with Crippen LogP contribution in [0.5, 0.6) is 0 Å². The zero-order valence-corrected chi connectivity index (χ0v) is 20.1. The standard InChI is InChI=1S/C27H26N6O3/c1-3-4-8-19-11-13-21(14-12-19)28-23(34)17-33-27(35)32-15-6-10-22(25(32)30-33)26-29-24(31-36-26)20-9-5-7-18(2)16-20/h5-7,9-16H,3-4,8,17H2,1-2H3,(H,28,34). The summed E-state index contributed by atoms with van der Waals surface area (Å²) in [6, 6.07) is 19.0. The lowest BCUT2D eigenvalue weighted by atomic mass is 10.1. The Morgan fingerprint density at radius 1 is 1.08 bits per heavy atom. The quantitative estimate of drug-likeness (QED) is 0.349. The van der Waals surface area contributed by atoms with Crippen LogP contribution in [0.2, 0.25) is 0 Å². The molecule has 0 bridgehead atoms. The average molecular weight is 483 g/mol. The van der Waals surface area contributed by atoms with Crippen molar-refractivity contribution in [2.75, 3.05) is 5.32 Å². The van der Waals surface area contributed by atoms with Crippen LogP contribution in [0.15, 0.2) is 76.2 Å². The molecule has 9 heteroatoms. The number of hydrogen-bond acceptors (Lipinski definition) is 6. The molecule has 36 heavy (non-hydrogen) atoms. The third-order valence-electron chi connectivity index (χ3n) is 5.89. The number of nitrogens with one attached hydrogen (secondary N) is 1. The molecule has 0 aliphatic heterocycles. The lowest BCUT2D eigenvalue weighted by Gasteiger charge is -2.06. The second kappa shape index (κ2) is 9.99. The third kappa shape index (κ3) is 4.81. The smallest absolute Gasteiger partial charge is 0.333 e. The number of unbranched alkanes of at least 4 members (excludes halogenated alkanes) is 1. The van der Waals surface area contributed by atoms with Crippen LogP contribution < -0.4 is 11.0 Å². The number of fused-ring (bicyclic) bond motifs is 1. The number of aromatic nitrogens is 5. The highest BCUT2D eigenvalue weighted by molar-refractivity contribution is 5.90. The molecule has 0 fully saturated rings. The van der Waals surface area contributed by atoms with Crippen LogP contribution in [0.1, 0.15) is 30.9 Å². The first kappa shape index (κ1) is 23.2. The van der Waals surface area contributed by atoms with Gasteiger partial charge >= 0.3 is 5.69 Å². The van der Waals surface area contributed by atoms with E-state index in [2.05, 4.69) is 27.5 Å². The Bertz CT molecular complexity index is 1580. The first-order valence-corrected chi connectivity index (χ1v) is 11.9. The summed E-state index contributed by atoms with van der Waals surface area (Å²) in [6.45, 7) is 3.92. The molecule has 1 N–H and O–H groups in total. The number of carbonyl (C=O) groups excluding carboxylic acids is 1. The fourth-order valence-corrected chi connectivity index (χ4v) is 4.01. The highest BCUT2D eigenvalue weighted by Crippen LogP contribution is 2.25. The number of hydrogen-bond donors (Lipinski definition) is 1. The van der Waals surface area contributed by atoms with Crippen LogP contribution >= 0.6 is 0 Å². The van der Waals surface area contributed by atoms with Crippen LogP contribution in [-0.2, 0) is 17.8 Å². The van der Waals surface area contributed by atoms with Gasteiger partial charge in [-0.2, -0.15) is 4.98 Å². The third-order valence-corrected chi connectivity index (χ3v) is 5.89. The van der Waals surface area contributed by atoms with Gasteiger partial charge in [0, 0.05) is 17.4 Å². The van der Waals surface area contributed by atoms with E-state index in [9.17, 15) is 9.59 Å². The Labute approximate surface area is 207 Å². The lowest BCUT2D eigenvalue weighted by Crippen LogP contribution is -2.28. The molecule has 9 nitrogen and oxygen atoms in total. The lowest BCUT2D eigenvalue weighted by molar-refractivity contribution is -0.117. The van der Waals surface area contributed by atoms with Gasteiger partial charge in [-0.3, -0.25) is 4.79 Å². The van der Waals surface area contributed by atoms with Gasteiger partial charge in [0.1, 0.15) is 6.54 Å². The second-order valence-electron chi connectivity index (χ2n) is 8.70. The molecular formula is C27H26N6O3. The summed E-state index contributed by atoms with van der Waals surface area (Å²) in [5, 5.41) is 11.3. The van der Waals surface area contributed by atoms with Crippen molar-refractivity contribution in [1.29, 1.82) is 0 Å². The summed E-state index contributed by atoms with van der Waals surface area (Å²) in [5.41, 5.74) is 4.21. The van der Waals surface area contributed by atoms with E-state index in [4.69, 9.17) is 4.52 Å². The number of aryl methyl sites for hydroxylation is 2. The highest BCUT2D eigenvalue weighted by Gasteiger charge is 2.18. The van der Waals surface area contributed by atoms with Gasteiger partial charge in [0.15, 0.2) is 5.65 Å². The van der Waals surface area contributed by atoms with E-state index in [1.54, 1.807) is 18.3 Å². The molecule has 0 saturated carbocycles. The number of benzene rings is 2. The fraction of sp³-hybridized carbons (Fsp3) is 0.222. The topological polar surface area (TPSA) is 107 Å². The molecule has 5 aromatic rings. The number of nitrogens with zero attached hydrogens (tertiary/aromatic N) is 5. The maximum Gasteiger partial charge on any atom is 0.350 e. The van der Waals surface area contributed by atoms with Gasteiger partial charge in [-0.1, -0.05) is 54.4 Å². The van der Waals surface area contributed by atoms with E-state index in [0.29, 0.717) is 22.7 Å². The Balaban J connectivity index is 1.37. The maximum atomic E-state index is 12.9. The largest absolute Gasteiger partial charge is 0.350 e. The fourth-order valence-electron chi connectivity index (χ4n) is 4.01. The number of carbonyl (C=O) groups is 1. The van der Waals surface area contributed by atoms with Crippen LogP contribution in [0.4, 0.5) is 5.69 Å². The molecule has 0 aliphatic rings. The van der Waals surface area contributed by atoms with E-state index in [1.807, 2.05) is 55.5 Å². The summed E-state index contributed by atoms with van der Waals surface area (Å²) in [5.74, 6) is 0.335. The molecule has 182 valence electrons. The predicted molar refractivity (Wildman–Crippen MR) is 137 cm³/mol. The van der Waals surface area contributed by atoms with E-state index in [0.717, 1.165) is 35.1 Å². The Hall–Kier alpha value is -4.53. The van der Waals surface area contributed by atoms with Crippen LogP contribution in [0.3, 0.4) is 0 Å². The summed E-state index contributed by atoms with van der Waals surface area (Å²) < 4.78 is 7.98. The van der Waals surface area contributed by atoms with Gasteiger partial charge in [0.2, 0.25) is 11.7 Å². The molecule has 0 saturated heterocycles. The normalized spacial score (nSPS) is 11.2. The van der Waals surface area contributed by atoms with Crippen molar-refractivity contribution in [3.63, 3.8) is 0 Å². The SMILES string of the molecule is CCCCc1ccc(NC(=O)Cn2nc3c(-c4nc(-c5cccc(C)c5)no4)cccn3c2=O)cc1. The van der Waals surface area contributed by atoms with Crippen molar-refractivity contribution >= 4 is 17.2 Å². The molecule has 0 radical (unpaired) electrons. The second-order valence-corrected chi connectivity index (χ2v) is 8.70. The molecule has 2 aromatic carbocycles. The number of pyridine rings is 1. The molecule has 3 aromatic heterocycles. The molecule has 0 aliphatic carbocycles. The minimum absolute atomic E-state index is 0.226. The molecule has 5 rings (SSSR count). The number of anilines is 1. The van der Waals surface area contributed by atoms with Gasteiger partial charge < -0.3 is 9.84 Å². The van der Waals surface area contributed by atoms with E-state index in [-0.39, 0.29) is 18.3 Å².